The Bertz CT molecular complexity index is 1160. The minimum absolute atomic E-state index is 0.00740. The zero-order chi connectivity index (χ0) is 22.7. The highest BCUT2D eigenvalue weighted by Crippen LogP contribution is 2.42. The molecule has 4 aromatic rings. The average Bonchev–Trinajstić information content (AvgIpc) is 3.40. The molecule has 0 spiro atoms. The Kier molecular flexibility index (Phi) is 5.80. The second-order valence-electron chi connectivity index (χ2n) is 8.60. The minimum atomic E-state index is -1.09. The smallest absolute Gasteiger partial charge is 0.271 e. The van der Waals surface area contributed by atoms with Gasteiger partial charge in [-0.1, -0.05) is 91.0 Å². The molecule has 0 aliphatic carbocycles. The summed E-state index contributed by atoms with van der Waals surface area (Å²) in [5, 5.41) is 19.3. The van der Waals surface area contributed by atoms with Gasteiger partial charge < -0.3 is 10.0 Å². The van der Waals surface area contributed by atoms with E-state index in [1.54, 1.807) is 0 Å². The van der Waals surface area contributed by atoms with E-state index >= 15 is 0 Å². The summed E-state index contributed by atoms with van der Waals surface area (Å²) in [7, 11) is 0. The number of benzene rings is 3. The summed E-state index contributed by atoms with van der Waals surface area (Å²) in [4.78, 5) is 15.0. The maximum Gasteiger partial charge on any atom is 0.271 e. The van der Waals surface area contributed by atoms with Crippen molar-refractivity contribution >= 4 is 5.91 Å². The van der Waals surface area contributed by atoms with E-state index in [0.717, 1.165) is 22.4 Å². The van der Waals surface area contributed by atoms with Gasteiger partial charge in [-0.2, -0.15) is 5.10 Å². The molecule has 1 amide bonds. The van der Waals surface area contributed by atoms with E-state index in [9.17, 15) is 9.90 Å². The summed E-state index contributed by atoms with van der Waals surface area (Å²) in [5.41, 5.74) is 2.92. The Morgan fingerprint density at radius 1 is 0.848 bits per heavy atom. The minimum Gasteiger partial charge on any atom is -0.380 e. The molecular weight excluding hydrogens is 410 g/mol. The SMILES string of the molecule is O=C(c1cc(-c2ccccc2)n[nH]1)N1CCC(C(O)(c2ccccc2)c2ccccc2)CC1. The lowest BCUT2D eigenvalue weighted by Gasteiger charge is -2.42. The van der Waals surface area contributed by atoms with Gasteiger partial charge in [0.2, 0.25) is 0 Å². The van der Waals surface area contributed by atoms with E-state index < -0.39 is 5.60 Å². The number of aliphatic hydroxyl groups is 1. The Labute approximate surface area is 193 Å². The van der Waals surface area contributed by atoms with Gasteiger partial charge >= 0.3 is 0 Å². The molecule has 1 saturated heterocycles. The highest BCUT2D eigenvalue weighted by atomic mass is 16.3. The summed E-state index contributed by atoms with van der Waals surface area (Å²) in [6, 6.07) is 31.4. The molecule has 0 saturated carbocycles. The van der Waals surface area contributed by atoms with Crippen LogP contribution >= 0.6 is 0 Å². The molecule has 33 heavy (non-hydrogen) atoms. The number of nitrogens with one attached hydrogen (secondary N) is 1. The van der Waals surface area contributed by atoms with Crippen LogP contribution in [-0.4, -0.2) is 39.2 Å². The van der Waals surface area contributed by atoms with Crippen LogP contribution in [-0.2, 0) is 5.60 Å². The number of hydrogen-bond acceptors (Lipinski definition) is 3. The molecule has 0 unspecified atom stereocenters. The van der Waals surface area contributed by atoms with Crippen molar-refractivity contribution in [3.8, 4) is 11.3 Å². The number of aromatic nitrogens is 2. The van der Waals surface area contributed by atoms with Crippen LogP contribution in [0, 0.1) is 5.92 Å². The summed E-state index contributed by atoms with van der Waals surface area (Å²) >= 11 is 0. The average molecular weight is 438 g/mol. The zero-order valence-electron chi connectivity index (χ0n) is 18.4. The molecular formula is C28H27N3O2. The lowest BCUT2D eigenvalue weighted by atomic mass is 9.72. The van der Waals surface area contributed by atoms with Crippen molar-refractivity contribution in [1.29, 1.82) is 0 Å². The highest BCUT2D eigenvalue weighted by Gasteiger charge is 2.42. The van der Waals surface area contributed by atoms with Crippen molar-refractivity contribution in [2.75, 3.05) is 13.1 Å². The monoisotopic (exact) mass is 437 g/mol. The molecule has 1 fully saturated rings. The maximum absolute atomic E-state index is 13.1. The Morgan fingerprint density at radius 3 is 1.91 bits per heavy atom. The van der Waals surface area contributed by atoms with E-state index in [4.69, 9.17) is 0 Å². The summed E-state index contributed by atoms with van der Waals surface area (Å²) in [5.74, 6) is -0.0425. The number of rotatable bonds is 5. The fourth-order valence-electron chi connectivity index (χ4n) is 4.88. The number of aromatic amines is 1. The van der Waals surface area contributed by atoms with Gasteiger partial charge in [-0.25, -0.2) is 0 Å². The van der Waals surface area contributed by atoms with Gasteiger partial charge in [-0.3, -0.25) is 9.89 Å². The Hall–Kier alpha value is -3.70. The van der Waals surface area contributed by atoms with Gasteiger partial charge in [0.1, 0.15) is 11.3 Å². The van der Waals surface area contributed by atoms with Gasteiger partial charge in [0, 0.05) is 18.7 Å². The molecule has 1 aromatic heterocycles. The van der Waals surface area contributed by atoms with Gasteiger partial charge in [0.15, 0.2) is 0 Å². The van der Waals surface area contributed by atoms with Crippen molar-refractivity contribution in [1.82, 2.24) is 15.1 Å². The topological polar surface area (TPSA) is 69.2 Å². The molecule has 0 atom stereocenters. The molecule has 1 aliphatic rings. The predicted molar refractivity (Wildman–Crippen MR) is 129 cm³/mol. The number of carbonyl (C=O) groups excluding carboxylic acids is 1. The standard InChI is InChI=1S/C28H27N3O2/c32-27(26-20-25(29-30-26)21-10-4-1-5-11-21)31-18-16-24(17-19-31)28(33,22-12-6-2-7-13-22)23-14-8-3-9-15-23/h1-15,20,24,33H,16-19H2,(H,29,30). The van der Waals surface area contributed by atoms with Crippen LogP contribution in [0.15, 0.2) is 97.1 Å². The molecule has 5 nitrogen and oxygen atoms in total. The van der Waals surface area contributed by atoms with Crippen LogP contribution in [0.4, 0.5) is 0 Å². The molecule has 5 rings (SSSR count). The third-order valence-electron chi connectivity index (χ3n) is 6.68. The highest BCUT2D eigenvalue weighted by molar-refractivity contribution is 5.93. The molecule has 3 aromatic carbocycles. The summed E-state index contributed by atoms with van der Waals surface area (Å²) in [6.07, 6.45) is 1.43. The van der Waals surface area contributed by atoms with E-state index in [1.165, 1.54) is 0 Å². The van der Waals surface area contributed by atoms with E-state index in [1.807, 2.05) is 102 Å². The molecule has 2 N–H and O–H groups in total. The largest absolute Gasteiger partial charge is 0.380 e. The van der Waals surface area contributed by atoms with E-state index in [0.29, 0.717) is 31.6 Å². The number of carbonyl (C=O) groups is 1. The first kappa shape index (κ1) is 21.2. The lowest BCUT2D eigenvalue weighted by molar-refractivity contribution is -0.0123. The molecule has 0 bridgehead atoms. The first-order valence-corrected chi connectivity index (χ1v) is 11.4. The number of H-pyrrole nitrogens is 1. The molecule has 1 aliphatic heterocycles. The van der Waals surface area contributed by atoms with Crippen LogP contribution in [0.3, 0.4) is 0 Å². The predicted octanol–water partition coefficient (Wildman–Crippen LogP) is 4.87. The first-order valence-electron chi connectivity index (χ1n) is 11.4. The van der Waals surface area contributed by atoms with Crippen molar-refractivity contribution in [3.63, 3.8) is 0 Å². The van der Waals surface area contributed by atoms with Crippen molar-refractivity contribution < 1.29 is 9.90 Å². The number of likely N-dealkylation sites (tertiary alicyclic amines) is 1. The van der Waals surface area contributed by atoms with E-state index in [-0.39, 0.29) is 11.8 Å². The van der Waals surface area contributed by atoms with Gasteiger partial charge in [-0.15, -0.1) is 0 Å². The summed E-state index contributed by atoms with van der Waals surface area (Å²) < 4.78 is 0. The Balaban J connectivity index is 1.33. The number of amides is 1. The lowest BCUT2D eigenvalue weighted by Crippen LogP contribution is -2.46. The Morgan fingerprint density at radius 2 is 1.36 bits per heavy atom. The number of hydrogen-bond donors (Lipinski definition) is 2. The normalized spacial score (nSPS) is 14.9. The van der Waals surface area contributed by atoms with E-state index in [2.05, 4.69) is 10.2 Å². The molecule has 166 valence electrons. The molecule has 0 radical (unpaired) electrons. The summed E-state index contributed by atoms with van der Waals surface area (Å²) in [6.45, 7) is 1.18. The van der Waals surface area contributed by atoms with Crippen LogP contribution in [0.1, 0.15) is 34.5 Å². The number of piperidine rings is 1. The van der Waals surface area contributed by atoms with Crippen LogP contribution in [0.2, 0.25) is 0 Å². The number of nitrogens with zero attached hydrogens (tertiary/aromatic N) is 2. The van der Waals surface area contributed by atoms with Crippen molar-refractivity contribution in [2.45, 2.75) is 18.4 Å². The third kappa shape index (κ3) is 4.08. The molecule has 2 heterocycles. The van der Waals surface area contributed by atoms with Crippen molar-refractivity contribution in [3.05, 3.63) is 114 Å². The fraction of sp³-hybridized carbons (Fsp3) is 0.214. The zero-order valence-corrected chi connectivity index (χ0v) is 18.4. The van der Waals surface area contributed by atoms with Gasteiger partial charge in [0.05, 0.1) is 5.69 Å². The second-order valence-corrected chi connectivity index (χ2v) is 8.60. The van der Waals surface area contributed by atoms with Crippen LogP contribution < -0.4 is 0 Å². The van der Waals surface area contributed by atoms with Crippen LogP contribution in [0.25, 0.3) is 11.3 Å². The van der Waals surface area contributed by atoms with Crippen molar-refractivity contribution in [2.24, 2.45) is 5.92 Å². The van der Waals surface area contributed by atoms with Crippen LogP contribution in [0.5, 0.6) is 0 Å². The maximum atomic E-state index is 13.1. The van der Waals surface area contributed by atoms with Gasteiger partial charge in [0.25, 0.3) is 5.91 Å². The second kappa shape index (κ2) is 9.04. The molecule has 5 heteroatoms. The third-order valence-corrected chi connectivity index (χ3v) is 6.68. The quantitative estimate of drug-likeness (QED) is 0.468. The van der Waals surface area contributed by atoms with Gasteiger partial charge in [-0.05, 0) is 36.0 Å². The fourth-order valence-corrected chi connectivity index (χ4v) is 4.88. The first-order chi connectivity index (χ1) is 16.2.